The molecule has 1 unspecified atom stereocenters. The summed E-state index contributed by atoms with van der Waals surface area (Å²) in [5.74, 6) is -0.00831. The molecule has 0 aliphatic heterocycles. The van der Waals surface area contributed by atoms with Crippen LogP contribution in [0.5, 0.6) is 0 Å². The van der Waals surface area contributed by atoms with Crippen LogP contribution in [0.4, 0.5) is 0 Å². The molecule has 1 aliphatic rings. The van der Waals surface area contributed by atoms with Crippen LogP contribution in [-0.4, -0.2) is 64.2 Å². The zero-order valence-corrected chi connectivity index (χ0v) is 12.3. The first-order valence-corrected chi connectivity index (χ1v) is 6.51. The number of carbonyl (C=O) groups excluding carboxylic acids is 1. The van der Waals surface area contributed by atoms with Crippen LogP contribution >= 0.6 is 0 Å². The molecule has 1 rings (SSSR count). The van der Waals surface area contributed by atoms with Crippen molar-refractivity contribution < 1.29 is 9.53 Å². The number of ether oxygens (including phenoxy) is 1. The van der Waals surface area contributed by atoms with Crippen molar-refractivity contribution in [2.75, 3.05) is 48.4 Å². The number of rotatable bonds is 5. The maximum Gasteiger partial charge on any atom is 0.308 e. The Balaban J connectivity index is 2.80. The van der Waals surface area contributed by atoms with Crippen LogP contribution in [0, 0.1) is 5.92 Å². The summed E-state index contributed by atoms with van der Waals surface area (Å²) in [4.78, 5) is 16.0. The topological polar surface area (TPSA) is 32.8 Å². The van der Waals surface area contributed by atoms with Gasteiger partial charge < -0.3 is 14.5 Å². The fraction of sp³-hybridized carbons (Fsp3) is 0.786. The standard InChI is InChI=1S/C14H26N2O2/c1-15(2)9-12-7-6-11(14(17)18-5)8-13(12)10-16(3)4/h11H,6-10H2,1-5H3. The molecule has 0 N–H and O–H groups in total. The molecule has 0 spiro atoms. The second-order valence-corrected chi connectivity index (χ2v) is 5.65. The van der Waals surface area contributed by atoms with Crippen molar-refractivity contribution in [2.24, 2.45) is 5.92 Å². The first-order valence-electron chi connectivity index (χ1n) is 6.51. The van der Waals surface area contributed by atoms with Gasteiger partial charge in [0.15, 0.2) is 0 Å². The van der Waals surface area contributed by atoms with Crippen molar-refractivity contribution in [3.05, 3.63) is 11.1 Å². The van der Waals surface area contributed by atoms with E-state index in [2.05, 4.69) is 38.0 Å². The van der Waals surface area contributed by atoms with Gasteiger partial charge in [0.25, 0.3) is 0 Å². The van der Waals surface area contributed by atoms with Crippen LogP contribution in [-0.2, 0) is 9.53 Å². The van der Waals surface area contributed by atoms with E-state index in [1.807, 2.05) is 0 Å². The van der Waals surface area contributed by atoms with Gasteiger partial charge in [-0.1, -0.05) is 11.1 Å². The molecule has 0 amide bonds. The first kappa shape index (κ1) is 15.2. The molecule has 0 bridgehead atoms. The molecular formula is C14H26N2O2. The van der Waals surface area contributed by atoms with Crippen molar-refractivity contribution >= 4 is 5.97 Å². The van der Waals surface area contributed by atoms with Gasteiger partial charge in [-0.2, -0.15) is 0 Å². The lowest BCUT2D eigenvalue weighted by Gasteiger charge is -2.29. The van der Waals surface area contributed by atoms with Crippen molar-refractivity contribution in [3.8, 4) is 0 Å². The normalized spacial score (nSPS) is 20.7. The Morgan fingerprint density at radius 3 is 2.22 bits per heavy atom. The summed E-state index contributed by atoms with van der Waals surface area (Å²) < 4.78 is 4.87. The van der Waals surface area contributed by atoms with E-state index in [-0.39, 0.29) is 11.9 Å². The second kappa shape index (κ2) is 6.90. The average Bonchev–Trinajstić information content (AvgIpc) is 2.29. The number of esters is 1. The zero-order valence-electron chi connectivity index (χ0n) is 12.3. The molecule has 104 valence electrons. The monoisotopic (exact) mass is 254 g/mol. The van der Waals surface area contributed by atoms with Crippen LogP contribution in [0.2, 0.25) is 0 Å². The summed E-state index contributed by atoms with van der Waals surface area (Å²) in [5, 5.41) is 0. The van der Waals surface area contributed by atoms with Crippen LogP contribution in [0.15, 0.2) is 11.1 Å². The SMILES string of the molecule is COC(=O)C1CCC(CN(C)C)=C(CN(C)C)C1. The van der Waals surface area contributed by atoms with Gasteiger partial charge in [-0.25, -0.2) is 0 Å². The summed E-state index contributed by atoms with van der Waals surface area (Å²) in [6.07, 6.45) is 2.79. The summed E-state index contributed by atoms with van der Waals surface area (Å²) in [6.45, 7) is 1.94. The first-order chi connectivity index (χ1) is 8.43. The fourth-order valence-corrected chi connectivity index (χ4v) is 2.57. The van der Waals surface area contributed by atoms with E-state index in [9.17, 15) is 4.79 Å². The van der Waals surface area contributed by atoms with E-state index in [0.29, 0.717) is 0 Å². The van der Waals surface area contributed by atoms with Gasteiger partial charge in [-0.15, -0.1) is 0 Å². The third kappa shape index (κ3) is 4.42. The van der Waals surface area contributed by atoms with Gasteiger partial charge in [-0.05, 0) is 47.5 Å². The third-order valence-electron chi connectivity index (χ3n) is 3.34. The van der Waals surface area contributed by atoms with E-state index in [4.69, 9.17) is 4.74 Å². The van der Waals surface area contributed by atoms with Crippen molar-refractivity contribution in [1.29, 1.82) is 0 Å². The predicted molar refractivity (Wildman–Crippen MR) is 73.5 cm³/mol. The maximum atomic E-state index is 11.7. The minimum atomic E-state index is -0.0600. The Bertz CT molecular complexity index is 322. The van der Waals surface area contributed by atoms with E-state index in [0.717, 1.165) is 32.4 Å². The Hall–Kier alpha value is -0.870. The van der Waals surface area contributed by atoms with Crippen molar-refractivity contribution in [3.63, 3.8) is 0 Å². The minimum absolute atomic E-state index is 0.0517. The predicted octanol–water partition coefficient (Wildman–Crippen LogP) is 1.38. The lowest BCUT2D eigenvalue weighted by Crippen LogP contribution is -2.28. The molecule has 0 saturated heterocycles. The van der Waals surface area contributed by atoms with Crippen LogP contribution in [0.3, 0.4) is 0 Å². The van der Waals surface area contributed by atoms with E-state index in [1.54, 1.807) is 0 Å². The lowest BCUT2D eigenvalue weighted by atomic mass is 9.83. The van der Waals surface area contributed by atoms with E-state index >= 15 is 0 Å². The van der Waals surface area contributed by atoms with Gasteiger partial charge in [-0.3, -0.25) is 4.79 Å². The molecule has 4 nitrogen and oxygen atoms in total. The summed E-state index contributed by atoms with van der Waals surface area (Å²) >= 11 is 0. The average molecular weight is 254 g/mol. The molecule has 0 aromatic rings. The molecule has 0 aromatic carbocycles. The Morgan fingerprint density at radius 1 is 1.17 bits per heavy atom. The summed E-state index contributed by atoms with van der Waals surface area (Å²) in [6, 6.07) is 0. The molecular weight excluding hydrogens is 228 g/mol. The lowest BCUT2D eigenvalue weighted by molar-refractivity contribution is -0.145. The van der Waals surface area contributed by atoms with Crippen LogP contribution in [0.1, 0.15) is 19.3 Å². The van der Waals surface area contributed by atoms with Gasteiger partial charge in [0.2, 0.25) is 0 Å². The number of hydrogen-bond donors (Lipinski definition) is 0. The minimum Gasteiger partial charge on any atom is -0.469 e. The highest BCUT2D eigenvalue weighted by atomic mass is 16.5. The second-order valence-electron chi connectivity index (χ2n) is 5.65. The number of nitrogens with zero attached hydrogens (tertiary/aromatic N) is 2. The number of likely N-dealkylation sites (N-methyl/N-ethyl adjacent to an activating group) is 2. The van der Waals surface area contributed by atoms with Gasteiger partial charge in [0.1, 0.15) is 0 Å². The quantitative estimate of drug-likeness (QED) is 0.548. The molecule has 18 heavy (non-hydrogen) atoms. The van der Waals surface area contributed by atoms with Gasteiger partial charge in [0.05, 0.1) is 13.0 Å². The largest absolute Gasteiger partial charge is 0.469 e. The highest BCUT2D eigenvalue weighted by Gasteiger charge is 2.27. The summed E-state index contributed by atoms with van der Waals surface area (Å²) in [5.41, 5.74) is 2.91. The number of hydrogen-bond acceptors (Lipinski definition) is 4. The Labute approximate surface area is 111 Å². The Morgan fingerprint density at radius 2 is 1.72 bits per heavy atom. The van der Waals surface area contributed by atoms with Crippen molar-refractivity contribution in [1.82, 2.24) is 9.80 Å². The highest BCUT2D eigenvalue weighted by Crippen LogP contribution is 2.30. The fourth-order valence-electron chi connectivity index (χ4n) is 2.57. The number of methoxy groups -OCH3 is 1. The van der Waals surface area contributed by atoms with Crippen LogP contribution < -0.4 is 0 Å². The van der Waals surface area contributed by atoms with Crippen LogP contribution in [0.25, 0.3) is 0 Å². The molecule has 0 saturated carbocycles. The van der Waals surface area contributed by atoms with Crippen molar-refractivity contribution in [2.45, 2.75) is 19.3 Å². The van der Waals surface area contributed by atoms with Gasteiger partial charge >= 0.3 is 5.97 Å². The highest BCUT2D eigenvalue weighted by molar-refractivity contribution is 5.73. The maximum absolute atomic E-state index is 11.7. The Kier molecular flexibility index (Phi) is 5.82. The molecule has 1 aliphatic carbocycles. The molecule has 0 aromatic heterocycles. The molecule has 1 atom stereocenters. The zero-order chi connectivity index (χ0) is 13.7. The van der Waals surface area contributed by atoms with E-state index < -0.39 is 0 Å². The number of carbonyl (C=O) groups is 1. The smallest absolute Gasteiger partial charge is 0.308 e. The molecule has 0 radical (unpaired) electrons. The van der Waals surface area contributed by atoms with Gasteiger partial charge in [0, 0.05) is 13.1 Å². The third-order valence-corrected chi connectivity index (χ3v) is 3.34. The molecule has 0 fully saturated rings. The summed E-state index contributed by atoms with van der Waals surface area (Å²) in [7, 11) is 9.80. The molecule has 0 heterocycles. The molecule has 4 heteroatoms. The van der Waals surface area contributed by atoms with E-state index in [1.165, 1.54) is 18.3 Å².